The van der Waals surface area contributed by atoms with Crippen molar-refractivity contribution in [3.63, 3.8) is 0 Å². The number of para-hydroxylation sites is 1. The molecule has 28 heavy (non-hydrogen) atoms. The molecule has 0 saturated heterocycles. The van der Waals surface area contributed by atoms with Crippen molar-refractivity contribution in [3.05, 3.63) is 78.1 Å². The molecule has 0 saturated carbocycles. The van der Waals surface area contributed by atoms with E-state index in [0.29, 0.717) is 16.6 Å². The molecule has 4 rings (SSSR count). The van der Waals surface area contributed by atoms with E-state index in [2.05, 4.69) is 21.9 Å². The van der Waals surface area contributed by atoms with E-state index in [0.717, 1.165) is 5.52 Å². The smallest absolute Gasteiger partial charge is 0.269 e. The Kier molecular flexibility index (Phi) is 4.18. The van der Waals surface area contributed by atoms with E-state index < -0.39 is 11.5 Å². The lowest BCUT2D eigenvalue weighted by molar-refractivity contribution is 0.0892. The zero-order chi connectivity index (χ0) is 19.7. The Morgan fingerprint density at radius 1 is 1.25 bits per heavy atom. The number of amides is 1. The summed E-state index contributed by atoms with van der Waals surface area (Å²) in [6.45, 7) is 1.51. The molecule has 3 N–H and O–H groups in total. The van der Waals surface area contributed by atoms with Crippen molar-refractivity contribution in [3.8, 4) is 17.5 Å². The summed E-state index contributed by atoms with van der Waals surface area (Å²) in [5, 5.41) is 15.5. The van der Waals surface area contributed by atoms with E-state index in [1.807, 2.05) is 42.5 Å². The number of carbonyl (C=O) groups is 1. The summed E-state index contributed by atoms with van der Waals surface area (Å²) in [7, 11) is 0. The van der Waals surface area contributed by atoms with E-state index >= 15 is 0 Å². The quantitative estimate of drug-likeness (QED) is 0.537. The second-order valence-corrected chi connectivity index (χ2v) is 6.35. The average molecular weight is 372 g/mol. The summed E-state index contributed by atoms with van der Waals surface area (Å²) >= 11 is 0. The first-order valence-electron chi connectivity index (χ1n) is 8.49. The van der Waals surface area contributed by atoms with Crippen LogP contribution in [0.5, 0.6) is 0 Å². The lowest BCUT2D eigenvalue weighted by atomic mass is 10.1. The van der Waals surface area contributed by atoms with Crippen molar-refractivity contribution in [1.82, 2.24) is 14.8 Å². The average Bonchev–Trinajstić information content (AvgIpc) is 3.35. The third-order valence-electron chi connectivity index (χ3n) is 4.21. The Hall–Kier alpha value is -3.89. The van der Waals surface area contributed by atoms with Gasteiger partial charge in [-0.25, -0.2) is 9.67 Å². The number of primary amides is 1. The second-order valence-electron chi connectivity index (χ2n) is 6.35. The number of rotatable bonds is 3. The van der Waals surface area contributed by atoms with Crippen LogP contribution in [0.4, 0.5) is 0 Å². The first-order valence-corrected chi connectivity index (χ1v) is 8.49. The molecular weight excluding hydrogens is 356 g/mol. The Balaban J connectivity index is 1.76. The maximum absolute atomic E-state index is 11.7. The Morgan fingerprint density at radius 3 is 2.82 bits per heavy atom. The molecule has 7 nitrogen and oxygen atoms in total. The van der Waals surface area contributed by atoms with Gasteiger partial charge in [-0.3, -0.25) is 4.79 Å². The van der Waals surface area contributed by atoms with Crippen LogP contribution in [-0.2, 0) is 5.60 Å². The van der Waals surface area contributed by atoms with E-state index in [1.54, 1.807) is 10.7 Å². The number of oxazole rings is 1. The van der Waals surface area contributed by atoms with Gasteiger partial charge < -0.3 is 15.3 Å². The van der Waals surface area contributed by atoms with E-state index in [9.17, 15) is 9.90 Å². The number of nitrogens with two attached hydrogens (primary N) is 1. The Bertz CT molecular complexity index is 1230. The van der Waals surface area contributed by atoms with Crippen LogP contribution in [0.2, 0.25) is 0 Å². The summed E-state index contributed by atoms with van der Waals surface area (Å²) in [6.07, 6.45) is 2.83. The minimum Gasteiger partial charge on any atom is -0.445 e. The maximum atomic E-state index is 11.7. The number of aromatic nitrogens is 3. The molecule has 1 unspecified atom stereocenters. The molecule has 1 amide bonds. The molecule has 0 bridgehead atoms. The molecule has 0 radical (unpaired) electrons. The molecule has 0 aliphatic carbocycles. The van der Waals surface area contributed by atoms with Gasteiger partial charge in [-0.1, -0.05) is 36.1 Å². The van der Waals surface area contributed by atoms with E-state index in [4.69, 9.17) is 10.2 Å². The first-order chi connectivity index (χ1) is 13.5. The van der Waals surface area contributed by atoms with Crippen LogP contribution in [-0.4, -0.2) is 25.8 Å². The van der Waals surface area contributed by atoms with Crippen LogP contribution < -0.4 is 5.73 Å². The standard InChI is InChI=1S/C21H16N4O3/c1-21(27,20-23-11-12-28-20)10-9-14-5-4-6-15(13-14)25-17-8-3-2-7-16(17)18(24-25)19(22)26/h2-8,11-13,27H,1H3,(H2,22,26). The topological polar surface area (TPSA) is 107 Å². The SMILES string of the molecule is CC(O)(C#Cc1cccc(-n2nc(C(N)=O)c3ccccc32)c1)c1ncco1. The fourth-order valence-electron chi connectivity index (χ4n) is 2.87. The Morgan fingerprint density at radius 2 is 2.07 bits per heavy atom. The van der Waals surface area contributed by atoms with Crippen LogP contribution in [0.25, 0.3) is 16.6 Å². The van der Waals surface area contributed by atoms with Crippen molar-refractivity contribution >= 4 is 16.8 Å². The second kappa shape index (κ2) is 6.68. The van der Waals surface area contributed by atoms with Gasteiger partial charge in [-0.05, 0) is 31.2 Å². The number of hydrogen-bond acceptors (Lipinski definition) is 5. The molecule has 138 valence electrons. The predicted octanol–water partition coefficient (Wildman–Crippen LogP) is 2.37. The van der Waals surface area contributed by atoms with Gasteiger partial charge >= 0.3 is 0 Å². The van der Waals surface area contributed by atoms with Crippen LogP contribution in [0, 0.1) is 11.8 Å². The van der Waals surface area contributed by atoms with Gasteiger partial charge in [0.2, 0.25) is 5.89 Å². The lowest BCUT2D eigenvalue weighted by Crippen LogP contribution is -2.18. The van der Waals surface area contributed by atoms with E-state index in [1.165, 1.54) is 19.4 Å². The van der Waals surface area contributed by atoms with Gasteiger partial charge in [0.15, 0.2) is 11.3 Å². The number of fused-ring (bicyclic) bond motifs is 1. The van der Waals surface area contributed by atoms with Crippen LogP contribution >= 0.6 is 0 Å². The number of benzene rings is 2. The van der Waals surface area contributed by atoms with Crippen LogP contribution in [0.1, 0.15) is 28.9 Å². The molecule has 2 aromatic carbocycles. The van der Waals surface area contributed by atoms with Crippen LogP contribution in [0.3, 0.4) is 0 Å². The maximum Gasteiger partial charge on any atom is 0.269 e. The number of carbonyl (C=O) groups excluding carboxylic acids is 1. The third kappa shape index (κ3) is 3.13. The third-order valence-corrected chi connectivity index (χ3v) is 4.21. The molecule has 2 aromatic heterocycles. The molecule has 2 heterocycles. The van der Waals surface area contributed by atoms with Crippen molar-refractivity contribution in [1.29, 1.82) is 0 Å². The summed E-state index contributed by atoms with van der Waals surface area (Å²) in [4.78, 5) is 15.7. The summed E-state index contributed by atoms with van der Waals surface area (Å²) in [5.74, 6) is 5.23. The highest BCUT2D eigenvalue weighted by molar-refractivity contribution is 6.04. The highest BCUT2D eigenvalue weighted by atomic mass is 16.4. The van der Waals surface area contributed by atoms with Crippen molar-refractivity contribution in [2.45, 2.75) is 12.5 Å². The first kappa shape index (κ1) is 17.5. The monoisotopic (exact) mass is 372 g/mol. The fourth-order valence-corrected chi connectivity index (χ4v) is 2.87. The molecule has 7 heteroatoms. The van der Waals surface area contributed by atoms with Gasteiger partial charge in [0.1, 0.15) is 6.26 Å². The number of hydrogen-bond donors (Lipinski definition) is 2. The van der Waals surface area contributed by atoms with Gasteiger partial charge in [0.25, 0.3) is 5.91 Å². The van der Waals surface area contributed by atoms with Crippen molar-refractivity contribution < 1.29 is 14.3 Å². The molecular formula is C21H16N4O3. The summed E-state index contributed by atoms with van der Waals surface area (Å²) in [5.41, 5.74) is 6.28. The molecule has 0 spiro atoms. The molecule has 0 fully saturated rings. The van der Waals surface area contributed by atoms with Gasteiger partial charge in [0.05, 0.1) is 17.4 Å². The van der Waals surface area contributed by atoms with E-state index in [-0.39, 0.29) is 11.6 Å². The molecule has 1 atom stereocenters. The minimum absolute atomic E-state index is 0.125. The highest BCUT2D eigenvalue weighted by Gasteiger charge is 2.25. The Labute approximate surface area is 160 Å². The highest BCUT2D eigenvalue weighted by Crippen LogP contribution is 2.23. The summed E-state index contributed by atoms with van der Waals surface area (Å²) in [6, 6.07) is 14.6. The zero-order valence-corrected chi connectivity index (χ0v) is 15.0. The number of nitrogens with zero attached hydrogens (tertiary/aromatic N) is 3. The predicted molar refractivity (Wildman–Crippen MR) is 103 cm³/mol. The molecule has 0 aliphatic heterocycles. The normalized spacial score (nSPS) is 12.9. The van der Waals surface area contributed by atoms with Gasteiger partial charge in [-0.15, -0.1) is 0 Å². The van der Waals surface area contributed by atoms with Gasteiger partial charge in [-0.2, -0.15) is 5.10 Å². The zero-order valence-electron chi connectivity index (χ0n) is 15.0. The molecule has 4 aromatic rings. The minimum atomic E-state index is -1.52. The van der Waals surface area contributed by atoms with Crippen LogP contribution in [0.15, 0.2) is 65.4 Å². The number of aliphatic hydroxyl groups is 1. The summed E-state index contributed by atoms with van der Waals surface area (Å²) < 4.78 is 6.78. The van der Waals surface area contributed by atoms with Crippen molar-refractivity contribution in [2.75, 3.05) is 0 Å². The largest absolute Gasteiger partial charge is 0.445 e. The molecule has 0 aliphatic rings. The fraction of sp³-hybridized carbons (Fsp3) is 0.0952. The lowest BCUT2D eigenvalue weighted by Gasteiger charge is -2.10. The van der Waals surface area contributed by atoms with Crippen molar-refractivity contribution in [2.24, 2.45) is 5.73 Å². The van der Waals surface area contributed by atoms with Gasteiger partial charge in [0, 0.05) is 10.9 Å².